The van der Waals surface area contributed by atoms with Crippen LogP contribution in [0.2, 0.25) is 0 Å². The molecule has 1 aliphatic heterocycles. The van der Waals surface area contributed by atoms with E-state index in [-0.39, 0.29) is 17.6 Å². The summed E-state index contributed by atoms with van der Waals surface area (Å²) in [5, 5.41) is 10.9. The van der Waals surface area contributed by atoms with Crippen LogP contribution in [0.4, 0.5) is 15.9 Å². The molecule has 18 heavy (non-hydrogen) atoms. The van der Waals surface area contributed by atoms with Crippen molar-refractivity contribution in [1.82, 2.24) is 4.98 Å². The van der Waals surface area contributed by atoms with Gasteiger partial charge in [-0.3, -0.25) is 10.1 Å². The van der Waals surface area contributed by atoms with E-state index in [1.165, 1.54) is 0 Å². The second-order valence-electron chi connectivity index (χ2n) is 4.18. The summed E-state index contributed by atoms with van der Waals surface area (Å²) in [5.41, 5.74) is -0.286. The van der Waals surface area contributed by atoms with E-state index in [9.17, 15) is 14.5 Å². The van der Waals surface area contributed by atoms with Crippen molar-refractivity contribution < 1.29 is 14.1 Å². The average molecular weight is 255 g/mol. The highest BCUT2D eigenvalue weighted by molar-refractivity contribution is 5.57. The maximum Gasteiger partial charge on any atom is 0.314 e. The van der Waals surface area contributed by atoms with Crippen LogP contribution in [0.1, 0.15) is 12.8 Å². The van der Waals surface area contributed by atoms with E-state index in [0.29, 0.717) is 13.1 Å². The normalized spacial score (nSPS) is 16.9. The molecule has 1 saturated heterocycles. The highest BCUT2D eigenvalue weighted by Gasteiger charge is 2.26. The van der Waals surface area contributed by atoms with Gasteiger partial charge in [-0.2, -0.15) is 0 Å². The van der Waals surface area contributed by atoms with Crippen molar-refractivity contribution in [3.05, 3.63) is 28.2 Å². The van der Waals surface area contributed by atoms with Crippen LogP contribution in [0, 0.1) is 15.9 Å². The number of nitrogens with zero attached hydrogens (tertiary/aromatic N) is 3. The topological polar surface area (TPSA) is 68.5 Å². The van der Waals surface area contributed by atoms with Gasteiger partial charge in [0.1, 0.15) is 5.82 Å². The van der Waals surface area contributed by atoms with Crippen LogP contribution >= 0.6 is 0 Å². The molecule has 0 bridgehead atoms. The minimum atomic E-state index is -0.697. The van der Waals surface area contributed by atoms with E-state index in [2.05, 4.69) is 4.98 Å². The number of methoxy groups -OCH3 is 1. The predicted molar refractivity (Wildman–Crippen MR) is 63.1 cm³/mol. The Morgan fingerprint density at radius 2 is 2.22 bits per heavy atom. The first-order valence-electron chi connectivity index (χ1n) is 5.69. The Kier molecular flexibility index (Phi) is 3.71. The quantitative estimate of drug-likeness (QED) is 0.608. The number of piperidine rings is 1. The first-order chi connectivity index (χ1) is 8.61. The molecule has 0 amide bonds. The van der Waals surface area contributed by atoms with Crippen molar-refractivity contribution in [2.24, 2.45) is 0 Å². The van der Waals surface area contributed by atoms with Gasteiger partial charge in [-0.25, -0.2) is 9.37 Å². The molecule has 0 saturated carbocycles. The Balaban J connectivity index is 2.21. The largest absolute Gasteiger partial charge is 0.381 e. The summed E-state index contributed by atoms with van der Waals surface area (Å²) >= 11 is 0. The van der Waals surface area contributed by atoms with Gasteiger partial charge in [0.05, 0.1) is 23.3 Å². The molecule has 7 heteroatoms. The lowest BCUT2D eigenvalue weighted by atomic mass is 10.1. The number of anilines is 1. The number of halogens is 1. The van der Waals surface area contributed by atoms with Crippen LogP contribution in [0.3, 0.4) is 0 Å². The fraction of sp³-hybridized carbons (Fsp3) is 0.545. The van der Waals surface area contributed by atoms with Gasteiger partial charge in [-0.05, 0) is 12.8 Å². The molecule has 0 spiro atoms. The second kappa shape index (κ2) is 5.26. The number of nitro groups is 1. The van der Waals surface area contributed by atoms with Crippen molar-refractivity contribution >= 4 is 11.5 Å². The highest BCUT2D eigenvalue weighted by atomic mass is 19.1. The van der Waals surface area contributed by atoms with Gasteiger partial charge in [0, 0.05) is 20.2 Å². The van der Waals surface area contributed by atoms with Gasteiger partial charge in [0.25, 0.3) is 0 Å². The zero-order chi connectivity index (χ0) is 13.1. The molecular weight excluding hydrogens is 241 g/mol. The van der Waals surface area contributed by atoms with Crippen LogP contribution < -0.4 is 4.90 Å². The molecule has 2 heterocycles. The molecule has 98 valence electrons. The van der Waals surface area contributed by atoms with Crippen molar-refractivity contribution in [3.8, 4) is 0 Å². The van der Waals surface area contributed by atoms with Gasteiger partial charge in [0.15, 0.2) is 0 Å². The third kappa shape index (κ3) is 2.56. The molecule has 0 aliphatic carbocycles. The summed E-state index contributed by atoms with van der Waals surface area (Å²) in [6.45, 7) is 1.25. The molecule has 2 rings (SSSR count). The molecule has 1 aromatic heterocycles. The van der Waals surface area contributed by atoms with Gasteiger partial charge >= 0.3 is 5.69 Å². The summed E-state index contributed by atoms with van der Waals surface area (Å²) in [6, 6.07) is 0.907. The predicted octanol–water partition coefficient (Wildman–Crippen LogP) is 1.74. The maximum atomic E-state index is 13.0. The number of hydrogen-bond acceptors (Lipinski definition) is 5. The van der Waals surface area contributed by atoms with Crippen molar-refractivity contribution in [2.75, 3.05) is 25.1 Å². The molecule has 0 N–H and O–H groups in total. The van der Waals surface area contributed by atoms with Gasteiger partial charge in [-0.15, -0.1) is 0 Å². The lowest BCUT2D eigenvalue weighted by molar-refractivity contribution is -0.384. The first kappa shape index (κ1) is 12.7. The van der Waals surface area contributed by atoms with Gasteiger partial charge in [0.2, 0.25) is 5.82 Å². The molecule has 0 aromatic carbocycles. The van der Waals surface area contributed by atoms with E-state index in [0.717, 1.165) is 25.1 Å². The molecule has 1 aliphatic rings. The van der Waals surface area contributed by atoms with Gasteiger partial charge in [-0.1, -0.05) is 0 Å². The number of hydrogen-bond donors (Lipinski definition) is 0. The Labute approximate surface area is 104 Å². The van der Waals surface area contributed by atoms with Crippen LogP contribution in [-0.2, 0) is 4.74 Å². The first-order valence-corrected chi connectivity index (χ1v) is 5.69. The standard InChI is InChI=1S/C11H14FN3O3/c1-18-9-2-4-14(5-3-9)11-10(15(16)17)6-8(12)7-13-11/h6-7,9H,2-5H2,1H3. The summed E-state index contributed by atoms with van der Waals surface area (Å²) in [4.78, 5) is 15.9. The molecule has 6 nitrogen and oxygen atoms in total. The fourth-order valence-electron chi connectivity index (χ4n) is 2.10. The minimum absolute atomic E-state index is 0.181. The second-order valence-corrected chi connectivity index (χ2v) is 4.18. The van der Waals surface area contributed by atoms with Crippen molar-refractivity contribution in [3.63, 3.8) is 0 Å². The Bertz CT molecular complexity index is 447. The van der Waals surface area contributed by atoms with Crippen molar-refractivity contribution in [2.45, 2.75) is 18.9 Å². The van der Waals surface area contributed by atoms with Crippen LogP contribution in [0.25, 0.3) is 0 Å². The minimum Gasteiger partial charge on any atom is -0.381 e. The highest BCUT2D eigenvalue weighted by Crippen LogP contribution is 2.28. The van der Waals surface area contributed by atoms with Crippen LogP contribution in [0.5, 0.6) is 0 Å². The van der Waals surface area contributed by atoms with Gasteiger partial charge < -0.3 is 9.64 Å². The smallest absolute Gasteiger partial charge is 0.314 e. The third-order valence-corrected chi connectivity index (χ3v) is 3.09. The van der Waals surface area contributed by atoms with E-state index in [4.69, 9.17) is 4.74 Å². The number of pyridine rings is 1. The van der Waals surface area contributed by atoms with Crippen LogP contribution in [0.15, 0.2) is 12.3 Å². The van der Waals surface area contributed by atoms with E-state index in [1.54, 1.807) is 12.0 Å². The molecule has 1 fully saturated rings. The molecular formula is C11H14FN3O3. The summed E-state index contributed by atoms with van der Waals surface area (Å²) in [5.74, 6) is -0.465. The molecule has 0 unspecified atom stereocenters. The third-order valence-electron chi connectivity index (χ3n) is 3.09. The Hall–Kier alpha value is -1.76. The average Bonchev–Trinajstić information content (AvgIpc) is 2.39. The lowest BCUT2D eigenvalue weighted by Gasteiger charge is -2.31. The van der Waals surface area contributed by atoms with E-state index in [1.807, 2.05) is 0 Å². The van der Waals surface area contributed by atoms with Crippen molar-refractivity contribution in [1.29, 1.82) is 0 Å². The molecule has 1 aromatic rings. The Morgan fingerprint density at radius 1 is 1.56 bits per heavy atom. The number of rotatable bonds is 3. The zero-order valence-electron chi connectivity index (χ0n) is 10.0. The maximum absolute atomic E-state index is 13.0. The van der Waals surface area contributed by atoms with E-state index >= 15 is 0 Å². The SMILES string of the molecule is COC1CCN(c2ncc(F)cc2[N+](=O)[O-])CC1. The lowest BCUT2D eigenvalue weighted by Crippen LogP contribution is -2.37. The fourth-order valence-corrected chi connectivity index (χ4v) is 2.10. The monoisotopic (exact) mass is 255 g/mol. The summed E-state index contributed by atoms with van der Waals surface area (Å²) in [7, 11) is 1.65. The Morgan fingerprint density at radius 3 is 2.78 bits per heavy atom. The van der Waals surface area contributed by atoms with Crippen LogP contribution in [-0.4, -0.2) is 36.2 Å². The number of ether oxygens (including phenoxy) is 1. The zero-order valence-corrected chi connectivity index (χ0v) is 10.0. The summed E-state index contributed by atoms with van der Waals surface area (Å²) in [6.07, 6.45) is 2.75. The number of aromatic nitrogens is 1. The summed E-state index contributed by atoms with van der Waals surface area (Å²) < 4.78 is 18.2. The van der Waals surface area contributed by atoms with E-state index < -0.39 is 10.7 Å². The molecule has 0 atom stereocenters. The molecule has 0 radical (unpaired) electrons.